The van der Waals surface area contributed by atoms with E-state index >= 15 is 0 Å². The van der Waals surface area contributed by atoms with E-state index in [1.807, 2.05) is 0 Å². The molecule has 0 bridgehead atoms. The molecule has 21 heavy (non-hydrogen) atoms. The SMILES string of the molecule is COc1ccc(NC(=O)c2cccc(N)c2Br)cc1OC. The second kappa shape index (κ2) is 6.49. The summed E-state index contributed by atoms with van der Waals surface area (Å²) >= 11 is 3.31. The second-order valence-corrected chi connectivity index (χ2v) is 5.03. The topological polar surface area (TPSA) is 73.6 Å². The fourth-order valence-corrected chi connectivity index (χ4v) is 2.28. The van der Waals surface area contributed by atoms with Gasteiger partial charge in [-0.2, -0.15) is 0 Å². The first-order valence-corrected chi connectivity index (χ1v) is 6.93. The van der Waals surface area contributed by atoms with E-state index in [4.69, 9.17) is 15.2 Å². The summed E-state index contributed by atoms with van der Waals surface area (Å²) in [4.78, 5) is 12.3. The molecular weight excluding hydrogens is 336 g/mol. The minimum absolute atomic E-state index is 0.263. The standard InChI is InChI=1S/C15H15BrN2O3/c1-20-12-7-6-9(8-13(12)21-2)18-15(19)10-4-3-5-11(17)14(10)16/h3-8H,17H2,1-2H3,(H,18,19). The number of carbonyl (C=O) groups excluding carboxylic acids is 1. The molecule has 1 amide bonds. The summed E-state index contributed by atoms with van der Waals surface area (Å²) in [7, 11) is 3.10. The van der Waals surface area contributed by atoms with Crippen LogP contribution < -0.4 is 20.5 Å². The van der Waals surface area contributed by atoms with Crippen LogP contribution in [0.2, 0.25) is 0 Å². The lowest BCUT2D eigenvalue weighted by Gasteiger charge is -2.11. The van der Waals surface area contributed by atoms with Gasteiger partial charge in [0.2, 0.25) is 0 Å². The predicted octanol–water partition coefficient (Wildman–Crippen LogP) is 3.30. The molecule has 0 fully saturated rings. The summed E-state index contributed by atoms with van der Waals surface area (Å²) < 4.78 is 10.9. The molecule has 0 aromatic heterocycles. The number of methoxy groups -OCH3 is 2. The fourth-order valence-electron chi connectivity index (χ4n) is 1.84. The van der Waals surface area contributed by atoms with Gasteiger partial charge in [0, 0.05) is 17.4 Å². The van der Waals surface area contributed by atoms with Crippen LogP contribution in [0.3, 0.4) is 0 Å². The van der Waals surface area contributed by atoms with Gasteiger partial charge in [-0.15, -0.1) is 0 Å². The lowest BCUT2D eigenvalue weighted by Crippen LogP contribution is -2.13. The number of amides is 1. The first-order valence-electron chi connectivity index (χ1n) is 6.14. The lowest BCUT2D eigenvalue weighted by molar-refractivity contribution is 0.102. The number of benzene rings is 2. The third kappa shape index (κ3) is 3.28. The molecule has 3 N–H and O–H groups in total. The van der Waals surface area contributed by atoms with Gasteiger partial charge in [0.05, 0.1) is 24.3 Å². The number of ether oxygens (including phenoxy) is 2. The zero-order valence-corrected chi connectivity index (χ0v) is 13.2. The highest BCUT2D eigenvalue weighted by Gasteiger charge is 2.13. The molecule has 0 unspecified atom stereocenters. The fraction of sp³-hybridized carbons (Fsp3) is 0.133. The highest BCUT2D eigenvalue weighted by atomic mass is 79.9. The van der Waals surface area contributed by atoms with Crippen LogP contribution in [0.1, 0.15) is 10.4 Å². The Kier molecular flexibility index (Phi) is 4.70. The summed E-state index contributed by atoms with van der Waals surface area (Å²) in [6.45, 7) is 0. The van der Waals surface area contributed by atoms with Gasteiger partial charge in [-0.3, -0.25) is 4.79 Å². The molecule has 110 valence electrons. The number of nitrogens with one attached hydrogen (secondary N) is 1. The van der Waals surface area contributed by atoms with Gasteiger partial charge in [-0.05, 0) is 40.2 Å². The van der Waals surface area contributed by atoms with Gasteiger partial charge < -0.3 is 20.5 Å². The van der Waals surface area contributed by atoms with Crippen molar-refractivity contribution in [1.82, 2.24) is 0 Å². The number of hydrogen-bond acceptors (Lipinski definition) is 4. The number of halogens is 1. The summed E-state index contributed by atoms with van der Waals surface area (Å²) in [6.07, 6.45) is 0. The smallest absolute Gasteiger partial charge is 0.256 e. The lowest BCUT2D eigenvalue weighted by atomic mass is 10.2. The van der Waals surface area contributed by atoms with Crippen molar-refractivity contribution >= 4 is 33.2 Å². The zero-order valence-electron chi connectivity index (χ0n) is 11.6. The van der Waals surface area contributed by atoms with Crippen molar-refractivity contribution in [2.45, 2.75) is 0 Å². The summed E-state index contributed by atoms with van der Waals surface area (Å²) in [5.41, 5.74) is 7.35. The average molecular weight is 351 g/mol. The molecule has 0 saturated heterocycles. The quantitative estimate of drug-likeness (QED) is 0.829. The third-order valence-corrected chi connectivity index (χ3v) is 3.80. The van der Waals surface area contributed by atoms with E-state index in [2.05, 4.69) is 21.2 Å². The molecule has 2 aromatic rings. The number of nitrogens with two attached hydrogens (primary N) is 1. The molecule has 0 heterocycles. The molecule has 6 heteroatoms. The van der Waals surface area contributed by atoms with E-state index in [-0.39, 0.29) is 5.91 Å². The number of hydrogen-bond donors (Lipinski definition) is 2. The normalized spacial score (nSPS) is 10.0. The van der Waals surface area contributed by atoms with Gasteiger partial charge >= 0.3 is 0 Å². The molecule has 0 spiro atoms. The second-order valence-electron chi connectivity index (χ2n) is 4.23. The molecule has 0 aliphatic rings. The molecular formula is C15H15BrN2O3. The van der Waals surface area contributed by atoms with Crippen LogP contribution in [-0.2, 0) is 0 Å². The van der Waals surface area contributed by atoms with Gasteiger partial charge in [0.15, 0.2) is 11.5 Å². The van der Waals surface area contributed by atoms with Gasteiger partial charge in [-0.25, -0.2) is 0 Å². The van der Waals surface area contributed by atoms with E-state index in [0.29, 0.717) is 32.9 Å². The zero-order chi connectivity index (χ0) is 15.4. The monoisotopic (exact) mass is 350 g/mol. The molecule has 2 aromatic carbocycles. The van der Waals surface area contributed by atoms with E-state index in [9.17, 15) is 4.79 Å². The predicted molar refractivity (Wildman–Crippen MR) is 86.1 cm³/mol. The molecule has 0 saturated carbocycles. The van der Waals surface area contributed by atoms with Crippen LogP contribution in [0.5, 0.6) is 11.5 Å². The van der Waals surface area contributed by atoms with Gasteiger partial charge in [0.25, 0.3) is 5.91 Å². The van der Waals surface area contributed by atoms with Crippen LogP contribution >= 0.6 is 15.9 Å². The highest BCUT2D eigenvalue weighted by molar-refractivity contribution is 9.10. The molecule has 5 nitrogen and oxygen atoms in total. The molecule has 0 aliphatic heterocycles. The van der Waals surface area contributed by atoms with Crippen molar-refractivity contribution in [3.63, 3.8) is 0 Å². The number of rotatable bonds is 4. The Labute approximate surface area is 131 Å². The van der Waals surface area contributed by atoms with E-state index < -0.39 is 0 Å². The Balaban J connectivity index is 2.25. The van der Waals surface area contributed by atoms with Crippen molar-refractivity contribution in [3.8, 4) is 11.5 Å². The summed E-state index contributed by atoms with van der Waals surface area (Å²) in [5.74, 6) is 0.879. The van der Waals surface area contributed by atoms with E-state index in [1.165, 1.54) is 7.11 Å². The number of carbonyl (C=O) groups is 1. The van der Waals surface area contributed by atoms with Gasteiger partial charge in [-0.1, -0.05) is 6.07 Å². The van der Waals surface area contributed by atoms with Crippen LogP contribution in [0.4, 0.5) is 11.4 Å². The van der Waals surface area contributed by atoms with Crippen LogP contribution in [0, 0.1) is 0 Å². The molecule has 0 aliphatic carbocycles. The highest BCUT2D eigenvalue weighted by Crippen LogP contribution is 2.30. The van der Waals surface area contributed by atoms with Crippen molar-refractivity contribution in [1.29, 1.82) is 0 Å². The molecule has 0 radical (unpaired) electrons. The van der Waals surface area contributed by atoms with Crippen molar-refractivity contribution in [2.75, 3.05) is 25.3 Å². The first-order chi connectivity index (χ1) is 10.1. The van der Waals surface area contributed by atoms with E-state index in [1.54, 1.807) is 43.5 Å². The Morgan fingerprint density at radius 2 is 1.86 bits per heavy atom. The van der Waals surface area contributed by atoms with Gasteiger partial charge in [0.1, 0.15) is 0 Å². The third-order valence-electron chi connectivity index (χ3n) is 2.91. The Bertz CT molecular complexity index is 674. The van der Waals surface area contributed by atoms with Crippen LogP contribution in [0.15, 0.2) is 40.9 Å². The largest absolute Gasteiger partial charge is 0.493 e. The number of anilines is 2. The van der Waals surface area contributed by atoms with E-state index in [0.717, 1.165) is 0 Å². The summed E-state index contributed by atoms with van der Waals surface area (Å²) in [6, 6.07) is 10.3. The maximum absolute atomic E-state index is 12.3. The molecule has 2 rings (SSSR count). The Morgan fingerprint density at radius 1 is 1.14 bits per heavy atom. The minimum Gasteiger partial charge on any atom is -0.493 e. The maximum Gasteiger partial charge on any atom is 0.256 e. The van der Waals surface area contributed by atoms with Crippen LogP contribution in [-0.4, -0.2) is 20.1 Å². The van der Waals surface area contributed by atoms with Crippen LogP contribution in [0.25, 0.3) is 0 Å². The van der Waals surface area contributed by atoms with Crippen molar-refractivity contribution in [3.05, 3.63) is 46.4 Å². The average Bonchev–Trinajstić information content (AvgIpc) is 2.49. The number of nitrogen functional groups attached to an aromatic ring is 1. The maximum atomic E-state index is 12.3. The summed E-state index contributed by atoms with van der Waals surface area (Å²) in [5, 5.41) is 2.79. The Hall–Kier alpha value is -2.21. The minimum atomic E-state index is -0.263. The Morgan fingerprint density at radius 3 is 2.52 bits per heavy atom. The van der Waals surface area contributed by atoms with Crippen molar-refractivity contribution in [2.24, 2.45) is 0 Å². The van der Waals surface area contributed by atoms with Crippen molar-refractivity contribution < 1.29 is 14.3 Å². The molecule has 0 atom stereocenters. The first kappa shape index (κ1) is 15.2.